The summed E-state index contributed by atoms with van der Waals surface area (Å²) >= 11 is 5.77. The van der Waals surface area contributed by atoms with E-state index in [2.05, 4.69) is 0 Å². The van der Waals surface area contributed by atoms with E-state index in [4.69, 9.17) is 22.7 Å². The molecule has 0 spiro atoms. The number of hydrogen-bond acceptors (Lipinski definition) is 2. The number of nitrogens with one attached hydrogen (secondary N) is 1. The van der Waals surface area contributed by atoms with Crippen LogP contribution in [0.2, 0.25) is 5.02 Å². The van der Waals surface area contributed by atoms with Crippen molar-refractivity contribution in [3.63, 3.8) is 0 Å². The van der Waals surface area contributed by atoms with Crippen LogP contribution in [0.3, 0.4) is 0 Å². The number of benzene rings is 1. The van der Waals surface area contributed by atoms with Crippen LogP contribution in [0.1, 0.15) is 11.1 Å². The van der Waals surface area contributed by atoms with Crippen molar-refractivity contribution in [1.29, 1.82) is 5.41 Å². The van der Waals surface area contributed by atoms with E-state index in [0.717, 1.165) is 5.56 Å². The maximum Gasteiger partial charge on any atom is 0.0644 e. The first kappa shape index (κ1) is 8.08. The fourth-order valence-corrected chi connectivity index (χ4v) is 1.18. The monoisotopic (exact) mass is 168 g/mol. The van der Waals surface area contributed by atoms with Crippen LogP contribution in [0, 0.1) is 12.3 Å². The number of anilines is 1. The van der Waals surface area contributed by atoms with Gasteiger partial charge in [0.25, 0.3) is 0 Å². The molecule has 0 saturated carbocycles. The van der Waals surface area contributed by atoms with Crippen molar-refractivity contribution in [1.82, 2.24) is 0 Å². The summed E-state index contributed by atoms with van der Waals surface area (Å²) < 4.78 is 0. The largest absolute Gasteiger partial charge is 0.397 e. The SMILES string of the molecule is Cc1cc(Cl)c(N)c(C=N)c1. The van der Waals surface area contributed by atoms with Crippen LogP contribution in [0.4, 0.5) is 5.69 Å². The first-order chi connectivity index (χ1) is 5.15. The van der Waals surface area contributed by atoms with Gasteiger partial charge in [0.05, 0.1) is 10.7 Å². The highest BCUT2D eigenvalue weighted by Gasteiger charge is 2.01. The summed E-state index contributed by atoms with van der Waals surface area (Å²) in [5.74, 6) is 0. The van der Waals surface area contributed by atoms with Gasteiger partial charge in [-0.25, -0.2) is 0 Å². The number of hydrogen-bond donors (Lipinski definition) is 2. The second kappa shape index (κ2) is 2.93. The van der Waals surface area contributed by atoms with Crippen molar-refractivity contribution >= 4 is 23.5 Å². The van der Waals surface area contributed by atoms with E-state index in [1.54, 1.807) is 6.07 Å². The Bertz CT molecular complexity index is 294. The summed E-state index contributed by atoms with van der Waals surface area (Å²) in [5, 5.41) is 7.53. The Labute approximate surface area is 70.5 Å². The van der Waals surface area contributed by atoms with Gasteiger partial charge in [-0.15, -0.1) is 0 Å². The molecule has 0 heterocycles. The Morgan fingerprint density at radius 2 is 2.18 bits per heavy atom. The zero-order chi connectivity index (χ0) is 8.43. The molecular formula is C8H9ClN2. The van der Waals surface area contributed by atoms with Crippen LogP contribution < -0.4 is 5.73 Å². The zero-order valence-electron chi connectivity index (χ0n) is 6.19. The third-order valence-corrected chi connectivity index (χ3v) is 1.77. The quantitative estimate of drug-likeness (QED) is 0.490. The van der Waals surface area contributed by atoms with E-state index in [1.165, 1.54) is 6.21 Å². The summed E-state index contributed by atoms with van der Waals surface area (Å²) in [7, 11) is 0. The molecule has 0 aliphatic carbocycles. The molecule has 0 aliphatic rings. The fourth-order valence-electron chi connectivity index (χ4n) is 0.900. The number of nitrogens with two attached hydrogens (primary N) is 1. The summed E-state index contributed by atoms with van der Waals surface area (Å²) in [5.41, 5.74) is 7.75. The van der Waals surface area contributed by atoms with Gasteiger partial charge in [-0.2, -0.15) is 0 Å². The lowest BCUT2D eigenvalue weighted by Gasteiger charge is -2.03. The lowest BCUT2D eigenvalue weighted by molar-refractivity contribution is 1.45. The highest BCUT2D eigenvalue weighted by atomic mass is 35.5. The maximum absolute atomic E-state index is 7.01. The first-order valence-electron chi connectivity index (χ1n) is 3.21. The highest BCUT2D eigenvalue weighted by Crippen LogP contribution is 2.23. The fraction of sp³-hybridized carbons (Fsp3) is 0.125. The lowest BCUT2D eigenvalue weighted by Crippen LogP contribution is -1.94. The van der Waals surface area contributed by atoms with E-state index < -0.39 is 0 Å². The third-order valence-electron chi connectivity index (χ3n) is 1.46. The van der Waals surface area contributed by atoms with Gasteiger partial charge >= 0.3 is 0 Å². The highest BCUT2D eigenvalue weighted by molar-refractivity contribution is 6.33. The molecule has 2 nitrogen and oxygen atoms in total. The second-order valence-electron chi connectivity index (χ2n) is 2.39. The van der Waals surface area contributed by atoms with E-state index in [9.17, 15) is 0 Å². The number of nitrogen functional groups attached to an aromatic ring is 1. The van der Waals surface area contributed by atoms with Gasteiger partial charge in [0.2, 0.25) is 0 Å². The van der Waals surface area contributed by atoms with Crippen molar-refractivity contribution in [2.45, 2.75) is 6.92 Å². The minimum Gasteiger partial charge on any atom is -0.397 e. The van der Waals surface area contributed by atoms with Crippen molar-refractivity contribution in [3.05, 3.63) is 28.3 Å². The number of halogens is 1. The van der Waals surface area contributed by atoms with Gasteiger partial charge < -0.3 is 11.1 Å². The van der Waals surface area contributed by atoms with Crippen molar-refractivity contribution in [2.75, 3.05) is 5.73 Å². The first-order valence-corrected chi connectivity index (χ1v) is 3.59. The summed E-state index contributed by atoms with van der Waals surface area (Å²) in [4.78, 5) is 0. The summed E-state index contributed by atoms with van der Waals surface area (Å²) in [6.45, 7) is 1.92. The van der Waals surface area contributed by atoms with E-state index >= 15 is 0 Å². The Kier molecular flexibility index (Phi) is 2.15. The number of rotatable bonds is 1. The van der Waals surface area contributed by atoms with Crippen LogP contribution in [-0.2, 0) is 0 Å². The molecule has 0 unspecified atom stereocenters. The molecule has 1 aromatic rings. The molecule has 3 heteroatoms. The molecule has 3 N–H and O–H groups in total. The minimum atomic E-state index is 0.479. The summed E-state index contributed by atoms with van der Waals surface area (Å²) in [6, 6.07) is 3.61. The van der Waals surface area contributed by atoms with Crippen LogP contribution in [0.5, 0.6) is 0 Å². The van der Waals surface area contributed by atoms with Crippen molar-refractivity contribution < 1.29 is 0 Å². The predicted octanol–water partition coefficient (Wildman–Crippen LogP) is 2.23. The molecule has 11 heavy (non-hydrogen) atoms. The van der Waals surface area contributed by atoms with E-state index in [-0.39, 0.29) is 0 Å². The minimum absolute atomic E-state index is 0.479. The second-order valence-corrected chi connectivity index (χ2v) is 2.80. The lowest BCUT2D eigenvalue weighted by atomic mass is 10.1. The van der Waals surface area contributed by atoms with Crippen LogP contribution in [-0.4, -0.2) is 6.21 Å². The Morgan fingerprint density at radius 1 is 1.55 bits per heavy atom. The Hall–Kier alpha value is -1.02. The third kappa shape index (κ3) is 1.52. The van der Waals surface area contributed by atoms with Gasteiger partial charge in [-0.05, 0) is 24.6 Å². The van der Waals surface area contributed by atoms with Crippen LogP contribution >= 0.6 is 11.6 Å². The van der Waals surface area contributed by atoms with E-state index in [1.807, 2.05) is 13.0 Å². The van der Waals surface area contributed by atoms with E-state index in [0.29, 0.717) is 16.3 Å². The smallest absolute Gasteiger partial charge is 0.0644 e. The van der Waals surface area contributed by atoms with Crippen LogP contribution in [0.25, 0.3) is 0 Å². The molecule has 0 radical (unpaired) electrons. The average Bonchev–Trinajstić information content (AvgIpc) is 1.96. The Balaban J connectivity index is 3.35. The zero-order valence-corrected chi connectivity index (χ0v) is 6.94. The van der Waals surface area contributed by atoms with Gasteiger partial charge in [0, 0.05) is 11.8 Å². The summed E-state index contributed by atoms with van der Waals surface area (Å²) in [6.07, 6.45) is 1.20. The predicted molar refractivity (Wildman–Crippen MR) is 48.5 cm³/mol. The standard InChI is InChI=1S/C8H9ClN2/c1-5-2-6(4-10)8(11)7(9)3-5/h2-4,10H,11H2,1H3. The number of aryl methyl sites for hydroxylation is 1. The Morgan fingerprint density at radius 3 is 2.73 bits per heavy atom. The van der Waals surface area contributed by atoms with Gasteiger partial charge in [-0.1, -0.05) is 11.6 Å². The molecule has 0 aliphatic heterocycles. The molecule has 0 amide bonds. The molecule has 0 fully saturated rings. The molecular weight excluding hydrogens is 160 g/mol. The van der Waals surface area contributed by atoms with Crippen molar-refractivity contribution in [2.24, 2.45) is 0 Å². The molecule has 0 bridgehead atoms. The average molecular weight is 169 g/mol. The van der Waals surface area contributed by atoms with Gasteiger partial charge in [-0.3, -0.25) is 0 Å². The molecule has 0 aromatic heterocycles. The topological polar surface area (TPSA) is 49.9 Å². The maximum atomic E-state index is 7.01. The van der Waals surface area contributed by atoms with Crippen molar-refractivity contribution in [3.8, 4) is 0 Å². The molecule has 0 saturated heterocycles. The van der Waals surface area contributed by atoms with Crippen LogP contribution in [0.15, 0.2) is 12.1 Å². The van der Waals surface area contributed by atoms with Gasteiger partial charge in [0.15, 0.2) is 0 Å². The molecule has 0 atom stereocenters. The van der Waals surface area contributed by atoms with Gasteiger partial charge in [0.1, 0.15) is 0 Å². The molecule has 1 aromatic carbocycles. The molecule has 58 valence electrons. The normalized spacial score (nSPS) is 9.64. The molecule has 1 rings (SSSR count).